The van der Waals surface area contributed by atoms with Gasteiger partial charge in [-0.2, -0.15) is 0 Å². The van der Waals surface area contributed by atoms with E-state index in [9.17, 15) is 0 Å². The SMILES string of the molecule is CC1(NC(N)=S)CC1. The van der Waals surface area contributed by atoms with Crippen LogP contribution in [0.15, 0.2) is 0 Å². The fraction of sp³-hybridized carbons (Fsp3) is 0.800. The molecule has 1 rings (SSSR count). The molecule has 1 fully saturated rings. The molecular weight excluding hydrogens is 120 g/mol. The van der Waals surface area contributed by atoms with Gasteiger partial charge in [0.2, 0.25) is 0 Å². The maximum Gasteiger partial charge on any atom is 0.164 e. The van der Waals surface area contributed by atoms with Gasteiger partial charge in [0.1, 0.15) is 0 Å². The van der Waals surface area contributed by atoms with Crippen LogP contribution in [0.4, 0.5) is 0 Å². The molecule has 0 amide bonds. The van der Waals surface area contributed by atoms with E-state index in [0.717, 1.165) is 0 Å². The third-order valence-electron chi connectivity index (χ3n) is 1.42. The number of thiocarbonyl (C=S) groups is 1. The lowest BCUT2D eigenvalue weighted by Gasteiger charge is -2.08. The van der Waals surface area contributed by atoms with Gasteiger partial charge in [-0.3, -0.25) is 0 Å². The molecule has 0 heterocycles. The highest BCUT2D eigenvalue weighted by molar-refractivity contribution is 7.80. The molecule has 1 saturated carbocycles. The average molecular weight is 130 g/mol. The van der Waals surface area contributed by atoms with Gasteiger partial charge >= 0.3 is 0 Å². The molecule has 2 nitrogen and oxygen atoms in total. The Morgan fingerprint density at radius 2 is 2.25 bits per heavy atom. The van der Waals surface area contributed by atoms with Gasteiger partial charge in [0, 0.05) is 5.54 Å². The summed E-state index contributed by atoms with van der Waals surface area (Å²) in [7, 11) is 0. The van der Waals surface area contributed by atoms with Gasteiger partial charge in [-0.05, 0) is 32.0 Å². The molecule has 0 aromatic carbocycles. The number of hydrogen-bond acceptors (Lipinski definition) is 1. The Kier molecular flexibility index (Phi) is 1.15. The quantitative estimate of drug-likeness (QED) is 0.504. The largest absolute Gasteiger partial charge is 0.376 e. The fourth-order valence-corrected chi connectivity index (χ4v) is 0.856. The van der Waals surface area contributed by atoms with Crippen molar-refractivity contribution in [1.82, 2.24) is 5.32 Å². The van der Waals surface area contributed by atoms with E-state index in [-0.39, 0.29) is 5.54 Å². The smallest absolute Gasteiger partial charge is 0.164 e. The average Bonchev–Trinajstić information content (AvgIpc) is 2.17. The predicted molar refractivity (Wildman–Crippen MR) is 37.6 cm³/mol. The zero-order valence-corrected chi connectivity index (χ0v) is 5.72. The van der Waals surface area contributed by atoms with E-state index in [4.69, 9.17) is 5.73 Å². The van der Waals surface area contributed by atoms with Crippen LogP contribution < -0.4 is 11.1 Å². The van der Waals surface area contributed by atoms with Crippen molar-refractivity contribution in [1.29, 1.82) is 0 Å². The van der Waals surface area contributed by atoms with Crippen LogP contribution in [0.2, 0.25) is 0 Å². The van der Waals surface area contributed by atoms with E-state index < -0.39 is 0 Å². The van der Waals surface area contributed by atoms with Gasteiger partial charge in [-0.1, -0.05) is 0 Å². The zero-order chi connectivity index (χ0) is 6.20. The van der Waals surface area contributed by atoms with Crippen molar-refractivity contribution in [3.05, 3.63) is 0 Å². The Labute approximate surface area is 54.4 Å². The summed E-state index contributed by atoms with van der Waals surface area (Å²) in [5, 5.41) is 3.42. The van der Waals surface area contributed by atoms with Crippen molar-refractivity contribution in [2.45, 2.75) is 25.3 Å². The normalized spacial score (nSPS) is 22.1. The number of nitrogens with one attached hydrogen (secondary N) is 1. The Hall–Kier alpha value is -0.310. The maximum absolute atomic E-state index is 5.24. The molecule has 3 N–H and O–H groups in total. The van der Waals surface area contributed by atoms with Gasteiger partial charge in [-0.25, -0.2) is 0 Å². The first kappa shape index (κ1) is 5.82. The van der Waals surface area contributed by atoms with Crippen molar-refractivity contribution in [2.75, 3.05) is 0 Å². The van der Waals surface area contributed by atoms with E-state index in [0.29, 0.717) is 5.11 Å². The topological polar surface area (TPSA) is 38.0 Å². The van der Waals surface area contributed by atoms with E-state index in [2.05, 4.69) is 24.5 Å². The molecular formula is C5H10N2S. The Balaban J connectivity index is 2.29. The minimum Gasteiger partial charge on any atom is -0.376 e. The number of nitrogens with two attached hydrogens (primary N) is 1. The third-order valence-corrected chi connectivity index (χ3v) is 1.53. The third kappa shape index (κ3) is 1.33. The van der Waals surface area contributed by atoms with Crippen LogP contribution in [0.1, 0.15) is 19.8 Å². The lowest BCUT2D eigenvalue weighted by molar-refractivity contribution is 0.669. The van der Waals surface area contributed by atoms with E-state index in [1.165, 1.54) is 12.8 Å². The summed E-state index contributed by atoms with van der Waals surface area (Å²) < 4.78 is 0. The highest BCUT2D eigenvalue weighted by Crippen LogP contribution is 2.33. The Bertz CT molecular complexity index is 118. The fourth-order valence-electron chi connectivity index (χ4n) is 0.610. The summed E-state index contributed by atoms with van der Waals surface area (Å²) in [5.74, 6) is 0. The minimum atomic E-state index is 0.256. The first-order valence-corrected chi connectivity index (χ1v) is 3.11. The Morgan fingerprint density at radius 3 is 2.38 bits per heavy atom. The van der Waals surface area contributed by atoms with Crippen LogP contribution >= 0.6 is 12.2 Å². The lowest BCUT2D eigenvalue weighted by Crippen LogP contribution is -2.37. The lowest BCUT2D eigenvalue weighted by atomic mass is 10.3. The molecule has 1 aliphatic rings. The summed E-state index contributed by atoms with van der Waals surface area (Å²) in [4.78, 5) is 0. The molecule has 0 aromatic rings. The summed E-state index contributed by atoms with van der Waals surface area (Å²) in [5.41, 5.74) is 5.49. The van der Waals surface area contributed by atoms with Crippen LogP contribution in [0.5, 0.6) is 0 Å². The number of rotatable bonds is 1. The van der Waals surface area contributed by atoms with Gasteiger partial charge in [-0.15, -0.1) is 0 Å². The second-order valence-corrected chi connectivity index (χ2v) is 2.99. The molecule has 3 heteroatoms. The molecule has 0 aromatic heterocycles. The van der Waals surface area contributed by atoms with Crippen LogP contribution in [0, 0.1) is 0 Å². The summed E-state index contributed by atoms with van der Waals surface area (Å²) >= 11 is 4.65. The molecule has 8 heavy (non-hydrogen) atoms. The van der Waals surface area contributed by atoms with Crippen LogP contribution in [-0.2, 0) is 0 Å². The molecule has 1 aliphatic carbocycles. The molecule has 0 spiro atoms. The van der Waals surface area contributed by atoms with Gasteiger partial charge in [0.25, 0.3) is 0 Å². The molecule has 0 bridgehead atoms. The van der Waals surface area contributed by atoms with Gasteiger partial charge < -0.3 is 11.1 Å². The highest BCUT2D eigenvalue weighted by atomic mass is 32.1. The summed E-state index contributed by atoms with van der Waals surface area (Å²) in [6.45, 7) is 2.12. The molecule has 46 valence electrons. The Morgan fingerprint density at radius 1 is 1.75 bits per heavy atom. The van der Waals surface area contributed by atoms with Crippen LogP contribution in [-0.4, -0.2) is 10.7 Å². The van der Waals surface area contributed by atoms with Crippen molar-refractivity contribution in [2.24, 2.45) is 5.73 Å². The van der Waals surface area contributed by atoms with Crippen molar-refractivity contribution in [3.63, 3.8) is 0 Å². The monoisotopic (exact) mass is 130 g/mol. The second kappa shape index (κ2) is 1.58. The molecule has 0 saturated heterocycles. The van der Waals surface area contributed by atoms with Crippen molar-refractivity contribution >= 4 is 17.3 Å². The van der Waals surface area contributed by atoms with Crippen LogP contribution in [0.3, 0.4) is 0 Å². The minimum absolute atomic E-state index is 0.256. The summed E-state index contributed by atoms with van der Waals surface area (Å²) in [6.07, 6.45) is 2.40. The van der Waals surface area contributed by atoms with Crippen molar-refractivity contribution < 1.29 is 0 Å². The summed E-state index contributed by atoms with van der Waals surface area (Å²) in [6, 6.07) is 0. The maximum atomic E-state index is 5.24. The zero-order valence-electron chi connectivity index (χ0n) is 4.90. The molecule has 0 atom stereocenters. The van der Waals surface area contributed by atoms with E-state index in [1.54, 1.807) is 0 Å². The predicted octanol–water partition coefficient (Wildman–Crippen LogP) is 0.372. The van der Waals surface area contributed by atoms with E-state index in [1.807, 2.05) is 0 Å². The second-order valence-electron chi connectivity index (χ2n) is 2.55. The molecule has 0 aliphatic heterocycles. The van der Waals surface area contributed by atoms with Gasteiger partial charge in [0.15, 0.2) is 5.11 Å². The van der Waals surface area contributed by atoms with Crippen molar-refractivity contribution in [3.8, 4) is 0 Å². The van der Waals surface area contributed by atoms with Gasteiger partial charge in [0.05, 0.1) is 0 Å². The molecule has 0 radical (unpaired) electrons. The standard InChI is InChI=1S/C5H10N2S/c1-5(2-3-5)7-4(6)8/h2-3H2,1H3,(H3,6,7,8). The van der Waals surface area contributed by atoms with E-state index >= 15 is 0 Å². The number of hydrogen-bond donors (Lipinski definition) is 2. The van der Waals surface area contributed by atoms with Crippen LogP contribution in [0.25, 0.3) is 0 Å². The first-order chi connectivity index (χ1) is 3.62. The first-order valence-electron chi connectivity index (χ1n) is 2.70. The molecule has 0 unspecified atom stereocenters. The highest BCUT2D eigenvalue weighted by Gasteiger charge is 2.37.